The molecule has 0 radical (unpaired) electrons. The third kappa shape index (κ3) is 2.28. The van der Waals surface area contributed by atoms with E-state index in [1.165, 1.54) is 17.7 Å². The normalized spacial score (nSPS) is 17.4. The van der Waals surface area contributed by atoms with E-state index in [9.17, 15) is 10.1 Å². The largest absolute Gasteiger partial charge is 0.366 e. The van der Waals surface area contributed by atoms with Gasteiger partial charge in [-0.15, -0.1) is 0 Å². The minimum Gasteiger partial charge on any atom is -0.366 e. The van der Waals surface area contributed by atoms with Crippen molar-refractivity contribution in [2.24, 2.45) is 0 Å². The minimum absolute atomic E-state index is 0.0179. The van der Waals surface area contributed by atoms with Gasteiger partial charge in [-0.05, 0) is 29.3 Å². The highest BCUT2D eigenvalue weighted by atomic mass is 16.6. The maximum absolute atomic E-state index is 10.6. The Bertz CT molecular complexity index is 610. The van der Waals surface area contributed by atoms with Crippen molar-refractivity contribution in [3.63, 3.8) is 0 Å². The van der Waals surface area contributed by atoms with E-state index in [0.717, 1.165) is 17.8 Å². The van der Waals surface area contributed by atoms with Gasteiger partial charge in [0, 0.05) is 24.4 Å². The van der Waals surface area contributed by atoms with Gasteiger partial charge in [0.15, 0.2) is 0 Å². The number of nitrogens with zero attached hydrogens (tertiary/aromatic N) is 1. The van der Waals surface area contributed by atoms with Gasteiger partial charge in [-0.1, -0.05) is 18.2 Å². The predicted molar refractivity (Wildman–Crippen MR) is 72.7 cm³/mol. The summed E-state index contributed by atoms with van der Waals surface area (Å²) in [6, 6.07) is 14.7. The maximum Gasteiger partial charge on any atom is 0.269 e. The van der Waals surface area contributed by atoms with Crippen LogP contribution in [0.4, 0.5) is 11.4 Å². The summed E-state index contributed by atoms with van der Waals surface area (Å²) in [5.74, 6) is 0. The van der Waals surface area contributed by atoms with Gasteiger partial charge in [-0.25, -0.2) is 0 Å². The quantitative estimate of drug-likeness (QED) is 0.639. The van der Waals surface area contributed by atoms with E-state index in [4.69, 9.17) is 0 Å². The van der Waals surface area contributed by atoms with Crippen LogP contribution < -0.4 is 10.6 Å². The lowest BCUT2D eigenvalue weighted by Crippen LogP contribution is -2.32. The average Bonchev–Trinajstić information content (AvgIpc) is 2.47. The fraction of sp³-hybridized carbons (Fsp3) is 0.143. The van der Waals surface area contributed by atoms with Crippen molar-refractivity contribution in [3.8, 4) is 0 Å². The summed E-state index contributed by atoms with van der Waals surface area (Å²) in [6.45, 7) is 0.783. The smallest absolute Gasteiger partial charge is 0.269 e. The first kappa shape index (κ1) is 11.7. The second-order valence-electron chi connectivity index (χ2n) is 4.46. The van der Waals surface area contributed by atoms with Crippen LogP contribution in [0.1, 0.15) is 17.3 Å². The summed E-state index contributed by atoms with van der Waals surface area (Å²) in [6.07, 6.45) is -0.0179. The van der Waals surface area contributed by atoms with Crippen LogP contribution in [0.3, 0.4) is 0 Å². The molecule has 1 aliphatic heterocycles. The molecule has 2 aromatic rings. The highest BCUT2D eigenvalue weighted by Gasteiger charge is 2.18. The first-order valence-corrected chi connectivity index (χ1v) is 6.06. The van der Waals surface area contributed by atoms with E-state index in [1.807, 2.05) is 18.2 Å². The molecule has 0 saturated heterocycles. The van der Waals surface area contributed by atoms with Gasteiger partial charge in [-0.2, -0.15) is 0 Å². The highest BCUT2D eigenvalue weighted by Crippen LogP contribution is 2.26. The van der Waals surface area contributed by atoms with E-state index in [-0.39, 0.29) is 16.8 Å². The molecule has 5 heteroatoms. The van der Waals surface area contributed by atoms with E-state index in [0.29, 0.717) is 0 Å². The Balaban J connectivity index is 1.83. The zero-order valence-corrected chi connectivity index (χ0v) is 10.2. The Morgan fingerprint density at radius 1 is 1.11 bits per heavy atom. The van der Waals surface area contributed by atoms with Crippen LogP contribution in [0.2, 0.25) is 0 Å². The van der Waals surface area contributed by atoms with Gasteiger partial charge < -0.3 is 5.32 Å². The fourth-order valence-electron chi connectivity index (χ4n) is 2.22. The SMILES string of the molecule is O=[N+]([O-])c1ccc(C2NCc3ccccc3N2)cc1. The van der Waals surface area contributed by atoms with Crippen LogP contribution in [0.25, 0.3) is 0 Å². The number of benzene rings is 2. The predicted octanol–water partition coefficient (Wildman–Crippen LogP) is 2.81. The van der Waals surface area contributed by atoms with Gasteiger partial charge in [0.1, 0.15) is 6.17 Å². The molecule has 0 fully saturated rings. The number of para-hydroxylation sites is 1. The zero-order chi connectivity index (χ0) is 13.2. The monoisotopic (exact) mass is 255 g/mol. The van der Waals surface area contributed by atoms with E-state index in [2.05, 4.69) is 16.7 Å². The molecule has 0 amide bonds. The van der Waals surface area contributed by atoms with Crippen LogP contribution in [-0.4, -0.2) is 4.92 Å². The van der Waals surface area contributed by atoms with Crippen LogP contribution in [0.15, 0.2) is 48.5 Å². The Morgan fingerprint density at radius 3 is 2.58 bits per heavy atom. The topological polar surface area (TPSA) is 67.2 Å². The number of nitrogens with one attached hydrogen (secondary N) is 2. The molecule has 2 aromatic carbocycles. The van der Waals surface area contributed by atoms with E-state index < -0.39 is 0 Å². The van der Waals surface area contributed by atoms with Gasteiger partial charge in [0.2, 0.25) is 0 Å². The zero-order valence-electron chi connectivity index (χ0n) is 10.2. The number of rotatable bonds is 2. The second-order valence-corrected chi connectivity index (χ2v) is 4.46. The first-order chi connectivity index (χ1) is 9.24. The summed E-state index contributed by atoms with van der Waals surface area (Å²) < 4.78 is 0. The Morgan fingerprint density at radius 2 is 1.84 bits per heavy atom. The Kier molecular flexibility index (Phi) is 2.89. The molecule has 0 saturated carbocycles. The molecule has 5 nitrogen and oxygen atoms in total. The third-order valence-electron chi connectivity index (χ3n) is 3.25. The lowest BCUT2D eigenvalue weighted by atomic mass is 10.1. The third-order valence-corrected chi connectivity index (χ3v) is 3.25. The number of nitro groups is 1. The van der Waals surface area contributed by atoms with Crippen molar-refractivity contribution in [1.82, 2.24) is 5.32 Å². The van der Waals surface area contributed by atoms with Gasteiger partial charge in [-0.3, -0.25) is 15.4 Å². The summed E-state index contributed by atoms with van der Waals surface area (Å²) in [7, 11) is 0. The van der Waals surface area contributed by atoms with Crippen molar-refractivity contribution in [1.29, 1.82) is 0 Å². The van der Waals surface area contributed by atoms with Crippen LogP contribution >= 0.6 is 0 Å². The molecule has 1 heterocycles. The van der Waals surface area contributed by atoms with Crippen molar-refractivity contribution in [2.75, 3.05) is 5.32 Å². The lowest BCUT2D eigenvalue weighted by Gasteiger charge is -2.28. The summed E-state index contributed by atoms with van der Waals surface area (Å²) in [5.41, 5.74) is 3.42. The van der Waals surface area contributed by atoms with Crippen molar-refractivity contribution in [2.45, 2.75) is 12.7 Å². The highest BCUT2D eigenvalue weighted by molar-refractivity contribution is 5.54. The molecular formula is C14H13N3O2. The van der Waals surface area contributed by atoms with Crippen molar-refractivity contribution < 1.29 is 4.92 Å². The van der Waals surface area contributed by atoms with Crippen LogP contribution in [0, 0.1) is 10.1 Å². The maximum atomic E-state index is 10.6. The Labute approximate surface area is 110 Å². The molecule has 0 aromatic heterocycles. The van der Waals surface area contributed by atoms with E-state index >= 15 is 0 Å². The number of hydrogen-bond donors (Lipinski definition) is 2. The van der Waals surface area contributed by atoms with E-state index in [1.54, 1.807) is 12.1 Å². The molecule has 0 spiro atoms. The molecule has 3 rings (SSSR count). The average molecular weight is 255 g/mol. The summed E-state index contributed by atoms with van der Waals surface area (Å²) >= 11 is 0. The second kappa shape index (κ2) is 4.70. The lowest BCUT2D eigenvalue weighted by molar-refractivity contribution is -0.384. The number of nitro benzene ring substituents is 1. The van der Waals surface area contributed by atoms with Gasteiger partial charge >= 0.3 is 0 Å². The van der Waals surface area contributed by atoms with Crippen molar-refractivity contribution >= 4 is 11.4 Å². The number of non-ortho nitro benzene ring substituents is 1. The Hall–Kier alpha value is -2.40. The number of fused-ring (bicyclic) bond motifs is 1. The van der Waals surface area contributed by atoms with Gasteiger partial charge in [0.25, 0.3) is 5.69 Å². The molecular weight excluding hydrogens is 242 g/mol. The molecule has 19 heavy (non-hydrogen) atoms. The number of anilines is 1. The molecule has 96 valence electrons. The fourth-order valence-corrected chi connectivity index (χ4v) is 2.22. The summed E-state index contributed by atoms with van der Waals surface area (Å²) in [5, 5.41) is 17.4. The standard InChI is InChI=1S/C14H13N3O2/c18-17(19)12-7-5-10(6-8-12)14-15-9-11-3-1-2-4-13(11)16-14/h1-8,14-16H,9H2. The van der Waals surface area contributed by atoms with Crippen molar-refractivity contribution in [3.05, 3.63) is 69.8 Å². The minimum atomic E-state index is -0.388. The van der Waals surface area contributed by atoms with Crippen LogP contribution in [0.5, 0.6) is 0 Å². The molecule has 1 aliphatic rings. The molecule has 2 N–H and O–H groups in total. The first-order valence-electron chi connectivity index (χ1n) is 6.06. The molecule has 0 aliphatic carbocycles. The number of hydrogen-bond acceptors (Lipinski definition) is 4. The van der Waals surface area contributed by atoms with Gasteiger partial charge in [0.05, 0.1) is 4.92 Å². The molecule has 1 unspecified atom stereocenters. The summed E-state index contributed by atoms with van der Waals surface area (Å²) in [4.78, 5) is 10.2. The van der Waals surface area contributed by atoms with Crippen LogP contribution in [-0.2, 0) is 6.54 Å². The molecule has 1 atom stereocenters. The molecule has 0 bridgehead atoms.